The number of benzene rings is 1. The third-order valence-corrected chi connectivity index (χ3v) is 3.94. The molecule has 2 aromatic rings. The van der Waals surface area contributed by atoms with Crippen molar-refractivity contribution in [2.75, 3.05) is 13.2 Å². The molecular weight excluding hydrogens is 370 g/mol. The Kier molecular flexibility index (Phi) is 5.30. The second-order valence-electron chi connectivity index (χ2n) is 5.82. The number of aromatic nitrogens is 1. The first-order chi connectivity index (χ1) is 13.4. The van der Waals surface area contributed by atoms with Crippen LogP contribution in [0.2, 0.25) is 0 Å². The van der Waals surface area contributed by atoms with Crippen molar-refractivity contribution in [2.45, 2.75) is 13.5 Å². The second-order valence-corrected chi connectivity index (χ2v) is 5.82. The number of ether oxygens (including phenoxy) is 2. The van der Waals surface area contributed by atoms with Gasteiger partial charge >= 0.3 is 17.7 Å². The van der Waals surface area contributed by atoms with Crippen LogP contribution in [0.5, 0.6) is 5.75 Å². The van der Waals surface area contributed by atoms with Crippen molar-refractivity contribution in [2.24, 2.45) is 0 Å². The van der Waals surface area contributed by atoms with Gasteiger partial charge in [0.1, 0.15) is 13.2 Å². The quantitative estimate of drug-likeness (QED) is 0.242. The molecule has 0 unspecified atom stereocenters. The maximum absolute atomic E-state index is 12.7. The first-order valence-corrected chi connectivity index (χ1v) is 8.24. The van der Waals surface area contributed by atoms with Crippen molar-refractivity contribution < 1.29 is 28.8 Å². The van der Waals surface area contributed by atoms with Crippen LogP contribution < -0.4 is 4.74 Å². The van der Waals surface area contributed by atoms with E-state index in [1.54, 1.807) is 24.3 Å². The maximum atomic E-state index is 12.7. The fourth-order valence-electron chi connectivity index (χ4n) is 2.69. The number of imide groups is 1. The number of esters is 1. The van der Waals surface area contributed by atoms with Crippen LogP contribution in [0.15, 0.2) is 36.4 Å². The van der Waals surface area contributed by atoms with Gasteiger partial charge in [-0.1, -0.05) is 18.2 Å². The number of nitrogens with zero attached hydrogens (tertiary/aromatic N) is 3. The minimum Gasteiger partial charge on any atom is -0.482 e. The largest absolute Gasteiger partial charge is 0.482 e. The van der Waals surface area contributed by atoms with Gasteiger partial charge in [0.05, 0.1) is 6.54 Å². The minimum absolute atomic E-state index is 0.0734. The van der Waals surface area contributed by atoms with Gasteiger partial charge in [-0.2, -0.15) is 0 Å². The molecule has 2 amide bonds. The Morgan fingerprint density at radius 3 is 2.64 bits per heavy atom. The molecule has 0 bridgehead atoms. The smallest absolute Gasteiger partial charge is 0.406 e. The molecule has 1 aromatic carbocycles. The first-order valence-electron chi connectivity index (χ1n) is 8.24. The number of carbonyl (C=O) groups excluding carboxylic acids is 3. The molecule has 1 aliphatic rings. The first kappa shape index (κ1) is 19.0. The van der Waals surface area contributed by atoms with Crippen molar-refractivity contribution in [3.05, 3.63) is 63.3 Å². The summed E-state index contributed by atoms with van der Waals surface area (Å²) in [5, 5.41) is 11.3. The van der Waals surface area contributed by atoms with E-state index in [0.29, 0.717) is 11.1 Å². The summed E-state index contributed by atoms with van der Waals surface area (Å²) >= 11 is 0. The number of pyridine rings is 1. The van der Waals surface area contributed by atoms with Gasteiger partial charge in [-0.15, -0.1) is 0 Å². The summed E-state index contributed by atoms with van der Waals surface area (Å²) in [6.45, 7) is 1.09. The lowest BCUT2D eigenvalue weighted by Crippen LogP contribution is -2.32. The fraction of sp³-hybridized carbons (Fsp3) is 0.222. The van der Waals surface area contributed by atoms with Gasteiger partial charge in [0.2, 0.25) is 11.4 Å². The van der Waals surface area contributed by atoms with Gasteiger partial charge in [-0.25, -0.2) is 0 Å². The van der Waals surface area contributed by atoms with E-state index in [9.17, 15) is 24.5 Å². The summed E-state index contributed by atoms with van der Waals surface area (Å²) in [7, 11) is 0. The van der Waals surface area contributed by atoms with Gasteiger partial charge in [-0.05, 0) is 33.7 Å². The molecule has 2 heterocycles. The number of hydrogen-bond donors (Lipinski definition) is 0. The molecule has 0 saturated heterocycles. The van der Waals surface area contributed by atoms with E-state index in [0.717, 1.165) is 4.90 Å². The Morgan fingerprint density at radius 1 is 1.21 bits per heavy atom. The summed E-state index contributed by atoms with van der Waals surface area (Å²) in [5.41, 5.74) is 0.858. The molecule has 0 spiro atoms. The Bertz CT molecular complexity index is 973. The van der Waals surface area contributed by atoms with E-state index in [4.69, 9.17) is 4.74 Å². The predicted molar refractivity (Wildman–Crippen MR) is 93.7 cm³/mol. The van der Waals surface area contributed by atoms with Crippen LogP contribution in [0.3, 0.4) is 0 Å². The summed E-state index contributed by atoms with van der Waals surface area (Å²) in [6.07, 6.45) is 0. The summed E-state index contributed by atoms with van der Waals surface area (Å²) in [4.78, 5) is 51.0. The predicted octanol–water partition coefficient (Wildman–Crippen LogP) is 1.73. The van der Waals surface area contributed by atoms with E-state index in [1.165, 1.54) is 19.1 Å². The second kappa shape index (κ2) is 7.82. The number of rotatable bonds is 6. The van der Waals surface area contributed by atoms with Gasteiger partial charge in [0.15, 0.2) is 0 Å². The van der Waals surface area contributed by atoms with E-state index in [1.807, 2.05) is 0 Å². The van der Waals surface area contributed by atoms with E-state index in [-0.39, 0.29) is 31.2 Å². The molecule has 10 heteroatoms. The minimum atomic E-state index is -0.793. The van der Waals surface area contributed by atoms with Crippen LogP contribution in [0, 0.1) is 10.1 Å². The Morgan fingerprint density at radius 2 is 1.96 bits per heavy atom. The summed E-state index contributed by atoms with van der Waals surface area (Å²) < 4.78 is 9.89. The third-order valence-electron chi connectivity index (χ3n) is 3.94. The van der Waals surface area contributed by atoms with Gasteiger partial charge in [-0.3, -0.25) is 19.3 Å². The van der Waals surface area contributed by atoms with Crippen LogP contribution in [0.1, 0.15) is 33.3 Å². The van der Waals surface area contributed by atoms with Crippen LogP contribution in [-0.4, -0.2) is 45.8 Å². The normalized spacial score (nSPS) is 12.5. The van der Waals surface area contributed by atoms with Crippen LogP contribution in [0.4, 0.5) is 5.82 Å². The number of hydrogen-bond acceptors (Lipinski definition) is 8. The zero-order valence-electron chi connectivity index (χ0n) is 14.8. The molecule has 0 N–H and O–H groups in total. The Balaban J connectivity index is 1.78. The van der Waals surface area contributed by atoms with E-state index >= 15 is 0 Å². The van der Waals surface area contributed by atoms with Gasteiger partial charge < -0.3 is 19.6 Å². The number of amides is 2. The molecule has 0 fully saturated rings. The standard InChI is InChI=1S/C18H15N3O7/c1-11(22)27-8-9-28-15-7-6-14(19-16(15)21(25)26)18(24)20-10-12-4-2-3-5-13(12)17(20)23/h2-7H,8-10H2,1H3. The Labute approximate surface area is 158 Å². The molecule has 3 rings (SSSR count). The highest BCUT2D eigenvalue weighted by molar-refractivity contribution is 6.12. The maximum Gasteiger partial charge on any atom is 0.406 e. The van der Waals surface area contributed by atoms with Crippen LogP contribution in [0.25, 0.3) is 0 Å². The van der Waals surface area contributed by atoms with E-state index in [2.05, 4.69) is 9.72 Å². The molecule has 10 nitrogen and oxygen atoms in total. The zero-order valence-corrected chi connectivity index (χ0v) is 14.8. The molecule has 28 heavy (non-hydrogen) atoms. The van der Waals surface area contributed by atoms with Crippen molar-refractivity contribution in [3.8, 4) is 5.75 Å². The molecule has 0 aliphatic carbocycles. The highest BCUT2D eigenvalue weighted by Gasteiger charge is 2.35. The molecule has 1 aromatic heterocycles. The van der Waals surface area contributed by atoms with Crippen LogP contribution >= 0.6 is 0 Å². The van der Waals surface area contributed by atoms with Crippen LogP contribution in [-0.2, 0) is 16.1 Å². The lowest BCUT2D eigenvalue weighted by molar-refractivity contribution is -0.390. The molecular formula is C18H15N3O7. The number of carbonyl (C=O) groups is 3. The highest BCUT2D eigenvalue weighted by atomic mass is 16.6. The SMILES string of the molecule is CC(=O)OCCOc1ccc(C(=O)N2Cc3ccccc3C2=O)nc1[N+](=O)[O-]. The third kappa shape index (κ3) is 3.80. The molecule has 144 valence electrons. The summed E-state index contributed by atoms with van der Waals surface area (Å²) in [6, 6.07) is 9.25. The number of fused-ring (bicyclic) bond motifs is 1. The average molecular weight is 385 g/mol. The van der Waals surface area contributed by atoms with E-state index < -0.39 is 28.5 Å². The van der Waals surface area contributed by atoms with Crippen molar-refractivity contribution in [3.63, 3.8) is 0 Å². The Hall–Kier alpha value is -3.82. The lowest BCUT2D eigenvalue weighted by Gasteiger charge is -2.12. The topological polar surface area (TPSA) is 129 Å². The molecule has 0 saturated carbocycles. The molecule has 0 atom stereocenters. The van der Waals surface area contributed by atoms with Crippen molar-refractivity contribution in [1.82, 2.24) is 9.88 Å². The zero-order chi connectivity index (χ0) is 20.3. The molecule has 1 aliphatic heterocycles. The van der Waals surface area contributed by atoms with Crippen molar-refractivity contribution in [1.29, 1.82) is 0 Å². The number of nitro groups is 1. The van der Waals surface area contributed by atoms with Crippen molar-refractivity contribution >= 4 is 23.6 Å². The fourth-order valence-corrected chi connectivity index (χ4v) is 2.69. The van der Waals surface area contributed by atoms with Gasteiger partial charge in [0.25, 0.3) is 5.91 Å². The summed E-state index contributed by atoms with van der Waals surface area (Å²) in [5.74, 6) is -2.57. The van der Waals surface area contributed by atoms with Gasteiger partial charge in [0, 0.05) is 12.5 Å². The average Bonchev–Trinajstić information content (AvgIpc) is 3.01. The highest BCUT2D eigenvalue weighted by Crippen LogP contribution is 2.27. The molecule has 0 radical (unpaired) electrons. The lowest BCUT2D eigenvalue weighted by atomic mass is 10.1. The monoisotopic (exact) mass is 385 g/mol.